The van der Waals surface area contributed by atoms with Crippen LogP contribution in [0, 0.1) is 0 Å². The Labute approximate surface area is 101 Å². The zero-order valence-electron chi connectivity index (χ0n) is 11.3. The van der Waals surface area contributed by atoms with Gasteiger partial charge in [0.05, 0.1) is 12.7 Å². The highest BCUT2D eigenvalue weighted by molar-refractivity contribution is 6.71. The summed E-state index contributed by atoms with van der Waals surface area (Å²) in [7, 11) is 0.396. The number of hydrogen-bond acceptors (Lipinski definition) is 3. The first-order valence-corrected chi connectivity index (χ1v) is 9.58. The van der Waals surface area contributed by atoms with Crippen molar-refractivity contribution in [2.75, 3.05) is 33.4 Å². The van der Waals surface area contributed by atoms with Gasteiger partial charge < -0.3 is 9.16 Å². The second kappa shape index (κ2) is 6.74. The Hall–Kier alpha value is 0.0969. The van der Waals surface area contributed by atoms with E-state index in [2.05, 4.69) is 24.9 Å². The van der Waals surface area contributed by atoms with Gasteiger partial charge in [-0.2, -0.15) is 0 Å². The predicted molar refractivity (Wildman–Crippen MR) is 70.4 cm³/mol. The van der Waals surface area contributed by atoms with E-state index >= 15 is 0 Å². The van der Waals surface area contributed by atoms with Gasteiger partial charge >= 0.3 is 0 Å². The van der Waals surface area contributed by atoms with Crippen LogP contribution in [0.2, 0.25) is 19.1 Å². The van der Waals surface area contributed by atoms with E-state index in [4.69, 9.17) is 9.16 Å². The summed E-state index contributed by atoms with van der Waals surface area (Å²) < 4.78 is 11.4. The molecule has 16 heavy (non-hydrogen) atoms. The molecule has 1 aliphatic heterocycles. The van der Waals surface area contributed by atoms with Gasteiger partial charge in [-0.25, -0.2) is 0 Å². The summed E-state index contributed by atoms with van der Waals surface area (Å²) in [6, 6.07) is 1.28. The third kappa shape index (κ3) is 4.95. The molecule has 1 fully saturated rings. The van der Waals surface area contributed by atoms with E-state index in [9.17, 15) is 0 Å². The minimum absolute atomic E-state index is 0.429. The molecule has 0 N–H and O–H groups in total. The van der Waals surface area contributed by atoms with Crippen LogP contribution in [-0.4, -0.2) is 52.7 Å². The molecule has 0 bridgehead atoms. The van der Waals surface area contributed by atoms with E-state index in [1.165, 1.54) is 19.0 Å². The van der Waals surface area contributed by atoms with Crippen molar-refractivity contribution >= 4 is 8.32 Å². The first kappa shape index (κ1) is 14.2. The lowest BCUT2D eigenvalue weighted by molar-refractivity contribution is 0.0875. The van der Waals surface area contributed by atoms with Crippen molar-refractivity contribution in [1.82, 2.24) is 4.90 Å². The second-order valence-corrected chi connectivity index (χ2v) is 9.56. The fourth-order valence-electron chi connectivity index (χ4n) is 2.29. The van der Waals surface area contributed by atoms with Gasteiger partial charge in [-0.15, -0.1) is 0 Å². The molecule has 0 amide bonds. The van der Waals surface area contributed by atoms with Crippen LogP contribution in [-0.2, 0) is 9.16 Å². The van der Waals surface area contributed by atoms with Crippen LogP contribution < -0.4 is 0 Å². The smallest absolute Gasteiger partial charge is 0.187 e. The fraction of sp³-hybridized carbons (Fsp3) is 1.00. The van der Waals surface area contributed by atoms with E-state index < -0.39 is 8.32 Å². The van der Waals surface area contributed by atoms with Gasteiger partial charge in [0.1, 0.15) is 0 Å². The molecule has 0 aromatic carbocycles. The zero-order chi connectivity index (χ0) is 12.0. The molecule has 4 heteroatoms. The van der Waals surface area contributed by atoms with Crippen LogP contribution in [0.15, 0.2) is 0 Å². The summed E-state index contributed by atoms with van der Waals surface area (Å²) >= 11 is 0. The maximum atomic E-state index is 6.29. The maximum Gasteiger partial charge on any atom is 0.187 e. The number of methoxy groups -OCH3 is 1. The average molecular weight is 245 g/mol. The molecule has 1 heterocycles. The number of ether oxygens (including phenoxy) is 1. The molecule has 0 aliphatic carbocycles. The van der Waals surface area contributed by atoms with E-state index in [1.54, 1.807) is 7.11 Å². The summed E-state index contributed by atoms with van der Waals surface area (Å²) in [6.45, 7) is 11.1. The summed E-state index contributed by atoms with van der Waals surface area (Å²) in [5.41, 5.74) is 0. The molecule has 1 unspecified atom stereocenters. The number of nitrogens with zero attached hydrogens (tertiary/aromatic N) is 1. The molecule has 0 spiro atoms. The Morgan fingerprint density at radius 2 is 2.19 bits per heavy atom. The Bertz CT molecular complexity index is 199. The largest absolute Gasteiger partial charge is 0.413 e. The molecule has 3 nitrogen and oxygen atoms in total. The summed E-state index contributed by atoms with van der Waals surface area (Å²) in [4.78, 5) is 2.49. The van der Waals surface area contributed by atoms with Crippen molar-refractivity contribution in [3.8, 4) is 0 Å². The molecule has 0 saturated carbocycles. The van der Waals surface area contributed by atoms with Crippen molar-refractivity contribution in [1.29, 1.82) is 0 Å². The van der Waals surface area contributed by atoms with Crippen LogP contribution >= 0.6 is 0 Å². The molecular weight excluding hydrogens is 218 g/mol. The van der Waals surface area contributed by atoms with Crippen molar-refractivity contribution in [3.05, 3.63) is 0 Å². The average Bonchev–Trinajstić information content (AvgIpc) is 2.21. The first-order chi connectivity index (χ1) is 7.57. The molecule has 1 saturated heterocycles. The van der Waals surface area contributed by atoms with Gasteiger partial charge in [0.15, 0.2) is 8.32 Å². The van der Waals surface area contributed by atoms with Crippen LogP contribution in [0.5, 0.6) is 0 Å². The topological polar surface area (TPSA) is 21.7 Å². The van der Waals surface area contributed by atoms with Gasteiger partial charge in [0.25, 0.3) is 0 Å². The van der Waals surface area contributed by atoms with Crippen molar-refractivity contribution in [3.63, 3.8) is 0 Å². The van der Waals surface area contributed by atoms with E-state index in [0.29, 0.717) is 6.10 Å². The van der Waals surface area contributed by atoms with Crippen molar-refractivity contribution < 1.29 is 9.16 Å². The minimum atomic E-state index is -1.38. The molecule has 0 radical (unpaired) electrons. The summed E-state index contributed by atoms with van der Waals surface area (Å²) in [5, 5.41) is 0. The Morgan fingerprint density at radius 3 is 2.81 bits per heavy atom. The van der Waals surface area contributed by atoms with Crippen LogP contribution in [0.3, 0.4) is 0 Å². The molecule has 1 atom stereocenters. The van der Waals surface area contributed by atoms with Gasteiger partial charge in [0.2, 0.25) is 0 Å². The van der Waals surface area contributed by atoms with Crippen LogP contribution in [0.1, 0.15) is 19.8 Å². The van der Waals surface area contributed by atoms with Crippen molar-refractivity contribution in [2.45, 2.75) is 45.0 Å². The van der Waals surface area contributed by atoms with Gasteiger partial charge in [-0.05, 0) is 38.5 Å². The third-order valence-corrected chi connectivity index (χ3v) is 5.80. The number of hydrogen-bond donors (Lipinski definition) is 0. The summed E-state index contributed by atoms with van der Waals surface area (Å²) in [6.07, 6.45) is 2.83. The Kier molecular flexibility index (Phi) is 5.96. The molecule has 1 rings (SSSR count). The monoisotopic (exact) mass is 245 g/mol. The molecule has 96 valence electrons. The lowest BCUT2D eigenvalue weighted by Crippen LogP contribution is -2.45. The SMILES string of the molecule is CCC1CN(CCOC)CCC[Si](C)(C)O1. The maximum absolute atomic E-state index is 6.29. The fourth-order valence-corrected chi connectivity index (χ4v) is 4.56. The minimum Gasteiger partial charge on any atom is -0.413 e. The van der Waals surface area contributed by atoms with Crippen molar-refractivity contribution in [2.24, 2.45) is 0 Å². The number of rotatable bonds is 4. The van der Waals surface area contributed by atoms with E-state index in [-0.39, 0.29) is 0 Å². The standard InChI is InChI=1S/C12H27NO2Si/c1-5-12-11-13(8-9-14-2)7-6-10-16(3,4)15-12/h12H,5-11H2,1-4H3. The molecule has 0 aromatic heterocycles. The molecule has 1 aliphatic rings. The highest BCUT2D eigenvalue weighted by Crippen LogP contribution is 2.21. The lowest BCUT2D eigenvalue weighted by atomic mass is 10.2. The highest BCUT2D eigenvalue weighted by Gasteiger charge is 2.29. The molecular formula is C12H27NO2Si. The normalized spacial score (nSPS) is 27.4. The van der Waals surface area contributed by atoms with Crippen LogP contribution in [0.25, 0.3) is 0 Å². The quantitative estimate of drug-likeness (QED) is 0.710. The molecule has 0 aromatic rings. The van der Waals surface area contributed by atoms with E-state index in [0.717, 1.165) is 26.1 Å². The summed E-state index contributed by atoms with van der Waals surface area (Å²) in [5.74, 6) is 0. The van der Waals surface area contributed by atoms with Gasteiger partial charge in [0, 0.05) is 20.2 Å². The van der Waals surface area contributed by atoms with Crippen LogP contribution in [0.4, 0.5) is 0 Å². The third-order valence-electron chi connectivity index (χ3n) is 3.27. The Balaban J connectivity index is 2.48. The van der Waals surface area contributed by atoms with Gasteiger partial charge in [-0.1, -0.05) is 6.92 Å². The highest BCUT2D eigenvalue weighted by atomic mass is 28.4. The Morgan fingerprint density at radius 1 is 1.44 bits per heavy atom. The first-order valence-electron chi connectivity index (χ1n) is 6.46. The van der Waals surface area contributed by atoms with E-state index in [1.807, 2.05) is 0 Å². The second-order valence-electron chi connectivity index (χ2n) is 5.30. The predicted octanol–water partition coefficient (Wildman–Crippen LogP) is 2.34. The lowest BCUT2D eigenvalue weighted by Gasteiger charge is -2.36. The van der Waals surface area contributed by atoms with Gasteiger partial charge in [-0.3, -0.25) is 4.90 Å². The zero-order valence-corrected chi connectivity index (χ0v) is 12.3.